The maximum absolute atomic E-state index is 12.7. The average molecular weight is 341 g/mol. The first-order valence-electron chi connectivity index (χ1n) is 8.01. The number of ether oxygens (including phenoxy) is 1. The molecule has 2 N–H and O–H groups in total. The Morgan fingerprint density at radius 1 is 1.08 bits per heavy atom. The monoisotopic (exact) mass is 341 g/mol. The summed E-state index contributed by atoms with van der Waals surface area (Å²) in [5.74, 6) is -0.651. The van der Waals surface area contributed by atoms with Crippen molar-refractivity contribution in [3.63, 3.8) is 0 Å². The summed E-state index contributed by atoms with van der Waals surface area (Å²) in [5, 5.41) is 11.6. The van der Waals surface area contributed by atoms with E-state index in [4.69, 9.17) is 9.84 Å². The van der Waals surface area contributed by atoms with Gasteiger partial charge in [0.25, 0.3) is 5.91 Å². The summed E-state index contributed by atoms with van der Waals surface area (Å²) in [5.41, 5.74) is 2.69. The lowest BCUT2D eigenvalue weighted by atomic mass is 9.86. The third-order valence-electron chi connectivity index (χ3n) is 3.88. The molecule has 0 aliphatic carbocycles. The Labute approximate surface area is 147 Å². The van der Waals surface area contributed by atoms with Gasteiger partial charge in [0.2, 0.25) is 0 Å². The van der Waals surface area contributed by atoms with Gasteiger partial charge < -0.3 is 15.2 Å². The van der Waals surface area contributed by atoms with Crippen molar-refractivity contribution in [2.45, 2.75) is 32.6 Å². The van der Waals surface area contributed by atoms with E-state index in [1.807, 2.05) is 12.1 Å². The zero-order valence-electron chi connectivity index (χ0n) is 14.9. The second-order valence-corrected chi connectivity index (χ2v) is 6.89. The molecule has 0 saturated carbocycles. The fourth-order valence-electron chi connectivity index (χ4n) is 2.43. The number of methoxy groups -OCH3 is 1. The number of benzene rings is 2. The normalized spacial score (nSPS) is 11.0. The molecule has 0 atom stereocenters. The minimum Gasteiger partial charge on any atom is -0.496 e. The van der Waals surface area contributed by atoms with E-state index in [1.165, 1.54) is 7.11 Å². The fraction of sp³-hybridized carbons (Fsp3) is 0.300. The lowest BCUT2D eigenvalue weighted by Crippen LogP contribution is -2.17. The molecule has 2 aromatic rings. The van der Waals surface area contributed by atoms with Crippen LogP contribution in [-0.4, -0.2) is 24.1 Å². The molecule has 2 rings (SSSR count). The van der Waals surface area contributed by atoms with E-state index in [-0.39, 0.29) is 17.7 Å². The molecular weight excluding hydrogens is 318 g/mol. The third-order valence-corrected chi connectivity index (χ3v) is 3.88. The number of hydrogen-bond donors (Lipinski definition) is 2. The van der Waals surface area contributed by atoms with Crippen molar-refractivity contribution in [1.29, 1.82) is 0 Å². The van der Waals surface area contributed by atoms with Crippen LogP contribution in [-0.2, 0) is 16.6 Å². The van der Waals surface area contributed by atoms with Gasteiger partial charge in [-0.15, -0.1) is 0 Å². The molecule has 0 aliphatic rings. The van der Waals surface area contributed by atoms with E-state index < -0.39 is 5.97 Å². The number of hydrogen-bond acceptors (Lipinski definition) is 3. The number of rotatable bonds is 5. The van der Waals surface area contributed by atoms with Gasteiger partial charge in [-0.25, -0.2) is 0 Å². The number of carboxylic acid groups (broad SMARTS) is 1. The zero-order chi connectivity index (χ0) is 18.6. The lowest BCUT2D eigenvalue weighted by molar-refractivity contribution is -0.136. The second kappa shape index (κ2) is 7.38. The number of amides is 1. The molecule has 1 amide bonds. The Morgan fingerprint density at radius 2 is 1.72 bits per heavy atom. The topological polar surface area (TPSA) is 75.6 Å². The molecule has 5 heteroatoms. The third kappa shape index (κ3) is 4.83. The van der Waals surface area contributed by atoms with Gasteiger partial charge in [0.1, 0.15) is 5.75 Å². The number of anilines is 1. The van der Waals surface area contributed by atoms with Gasteiger partial charge in [0.15, 0.2) is 0 Å². The molecule has 0 aliphatic heterocycles. The quantitative estimate of drug-likeness (QED) is 0.865. The van der Waals surface area contributed by atoms with E-state index in [1.54, 1.807) is 30.3 Å². The summed E-state index contributed by atoms with van der Waals surface area (Å²) < 4.78 is 5.31. The van der Waals surface area contributed by atoms with Crippen LogP contribution in [0.15, 0.2) is 42.5 Å². The second-order valence-electron chi connectivity index (χ2n) is 6.89. The smallest absolute Gasteiger partial charge is 0.307 e. The summed E-state index contributed by atoms with van der Waals surface area (Å²) in [6.45, 7) is 6.24. The van der Waals surface area contributed by atoms with Gasteiger partial charge in [-0.2, -0.15) is 0 Å². The van der Waals surface area contributed by atoms with Crippen molar-refractivity contribution in [2.75, 3.05) is 12.4 Å². The fourth-order valence-corrected chi connectivity index (χ4v) is 2.43. The molecule has 0 aromatic heterocycles. The van der Waals surface area contributed by atoms with Crippen LogP contribution in [0.3, 0.4) is 0 Å². The van der Waals surface area contributed by atoms with Gasteiger partial charge >= 0.3 is 5.97 Å². The number of nitrogens with one attached hydrogen (secondary N) is 1. The summed E-state index contributed by atoms with van der Waals surface area (Å²) in [6, 6.07) is 12.3. The van der Waals surface area contributed by atoms with E-state index in [0.717, 1.165) is 5.56 Å². The first-order valence-corrected chi connectivity index (χ1v) is 8.01. The van der Waals surface area contributed by atoms with Crippen molar-refractivity contribution in [3.05, 3.63) is 59.2 Å². The van der Waals surface area contributed by atoms with Crippen LogP contribution in [0.4, 0.5) is 5.69 Å². The zero-order valence-corrected chi connectivity index (χ0v) is 14.9. The number of carbonyl (C=O) groups excluding carboxylic acids is 1. The Kier molecular flexibility index (Phi) is 5.47. The maximum Gasteiger partial charge on any atom is 0.307 e. The highest BCUT2D eigenvalue weighted by Gasteiger charge is 2.19. The van der Waals surface area contributed by atoms with E-state index in [0.29, 0.717) is 22.6 Å². The molecule has 132 valence electrons. The number of carboxylic acids is 1. The number of aliphatic carboxylic acids is 1. The van der Waals surface area contributed by atoms with Crippen molar-refractivity contribution in [1.82, 2.24) is 0 Å². The highest BCUT2D eigenvalue weighted by atomic mass is 16.5. The molecule has 0 radical (unpaired) electrons. The van der Waals surface area contributed by atoms with Crippen molar-refractivity contribution in [3.8, 4) is 5.75 Å². The minimum atomic E-state index is -0.888. The highest BCUT2D eigenvalue weighted by Crippen LogP contribution is 2.28. The first-order chi connectivity index (χ1) is 11.7. The molecule has 0 bridgehead atoms. The molecular formula is C20H23NO4. The Bertz CT molecular complexity index is 773. The SMILES string of the molecule is COc1ccc(C(C)(C)C)cc1C(=O)Nc1ccc(CC(=O)O)cc1. The molecule has 5 nitrogen and oxygen atoms in total. The van der Waals surface area contributed by atoms with Gasteiger partial charge in [-0.05, 0) is 40.8 Å². The summed E-state index contributed by atoms with van der Waals surface area (Å²) in [4.78, 5) is 23.4. The van der Waals surface area contributed by atoms with Gasteiger partial charge in [0, 0.05) is 5.69 Å². The molecule has 0 spiro atoms. The maximum atomic E-state index is 12.7. The standard InChI is InChI=1S/C20H23NO4/c1-20(2,3)14-7-10-17(25-4)16(12-14)19(24)21-15-8-5-13(6-9-15)11-18(22)23/h5-10,12H,11H2,1-4H3,(H,21,24)(H,22,23). The lowest BCUT2D eigenvalue weighted by Gasteiger charge is -2.21. The van der Waals surface area contributed by atoms with Gasteiger partial charge in [0.05, 0.1) is 19.1 Å². The minimum absolute atomic E-state index is 0.0460. The van der Waals surface area contributed by atoms with Gasteiger partial charge in [-0.3, -0.25) is 9.59 Å². The van der Waals surface area contributed by atoms with Crippen molar-refractivity contribution >= 4 is 17.6 Å². The first kappa shape index (κ1) is 18.5. The summed E-state index contributed by atoms with van der Waals surface area (Å²) in [6.07, 6.45) is -0.0460. The van der Waals surface area contributed by atoms with Crippen LogP contribution < -0.4 is 10.1 Å². The number of carbonyl (C=O) groups is 2. The van der Waals surface area contributed by atoms with E-state index in [9.17, 15) is 9.59 Å². The average Bonchev–Trinajstić information content (AvgIpc) is 2.54. The molecule has 0 fully saturated rings. The summed E-state index contributed by atoms with van der Waals surface area (Å²) >= 11 is 0. The van der Waals surface area contributed by atoms with Crippen molar-refractivity contribution < 1.29 is 19.4 Å². The van der Waals surface area contributed by atoms with E-state index in [2.05, 4.69) is 26.1 Å². The largest absolute Gasteiger partial charge is 0.496 e. The Balaban J connectivity index is 2.23. The Hall–Kier alpha value is -2.82. The highest BCUT2D eigenvalue weighted by molar-refractivity contribution is 6.06. The van der Waals surface area contributed by atoms with Crippen LogP contribution in [0.2, 0.25) is 0 Å². The molecule has 25 heavy (non-hydrogen) atoms. The van der Waals surface area contributed by atoms with Crippen LogP contribution in [0.5, 0.6) is 5.75 Å². The molecule has 2 aromatic carbocycles. The molecule has 0 unspecified atom stereocenters. The van der Waals surface area contributed by atoms with Crippen molar-refractivity contribution in [2.24, 2.45) is 0 Å². The van der Waals surface area contributed by atoms with E-state index >= 15 is 0 Å². The predicted molar refractivity (Wildman–Crippen MR) is 97.4 cm³/mol. The predicted octanol–water partition coefficient (Wildman–Crippen LogP) is 3.87. The molecule has 0 heterocycles. The van der Waals surface area contributed by atoms with Crippen LogP contribution in [0.1, 0.15) is 42.3 Å². The Morgan fingerprint density at radius 3 is 2.24 bits per heavy atom. The molecule has 0 saturated heterocycles. The van der Waals surface area contributed by atoms with Gasteiger partial charge in [-0.1, -0.05) is 39.0 Å². The summed E-state index contributed by atoms with van der Waals surface area (Å²) in [7, 11) is 1.53. The van der Waals surface area contributed by atoms with Crippen LogP contribution in [0, 0.1) is 0 Å². The van der Waals surface area contributed by atoms with Crippen LogP contribution in [0.25, 0.3) is 0 Å². The van der Waals surface area contributed by atoms with Crippen LogP contribution >= 0.6 is 0 Å².